The molecule has 6 rings (SSSR count). The van der Waals surface area contributed by atoms with Crippen molar-refractivity contribution in [2.24, 2.45) is 0 Å². The molecule has 2 fully saturated rings. The second-order valence-electron chi connectivity index (χ2n) is 9.90. The highest BCUT2D eigenvalue weighted by molar-refractivity contribution is 6.35. The van der Waals surface area contributed by atoms with E-state index in [9.17, 15) is 4.79 Å². The van der Waals surface area contributed by atoms with E-state index >= 15 is 4.39 Å². The van der Waals surface area contributed by atoms with Gasteiger partial charge in [0.2, 0.25) is 0 Å². The van der Waals surface area contributed by atoms with Crippen molar-refractivity contribution in [3.63, 3.8) is 0 Å². The van der Waals surface area contributed by atoms with Crippen LogP contribution >= 0.6 is 23.2 Å². The van der Waals surface area contributed by atoms with Crippen LogP contribution in [-0.2, 0) is 6.54 Å². The third-order valence-corrected chi connectivity index (χ3v) is 7.24. The van der Waals surface area contributed by atoms with Gasteiger partial charge in [-0.25, -0.2) is 14.4 Å². The van der Waals surface area contributed by atoms with E-state index in [-0.39, 0.29) is 24.3 Å². The summed E-state index contributed by atoms with van der Waals surface area (Å²) in [6, 6.07) is 16.4. The van der Waals surface area contributed by atoms with E-state index in [1.54, 1.807) is 29.2 Å². The Morgan fingerprint density at radius 3 is 2.38 bits per heavy atom. The van der Waals surface area contributed by atoms with Crippen molar-refractivity contribution in [2.75, 3.05) is 5.32 Å². The zero-order chi connectivity index (χ0) is 25.7. The highest BCUT2D eigenvalue weighted by Crippen LogP contribution is 2.34. The van der Waals surface area contributed by atoms with Crippen LogP contribution in [0.15, 0.2) is 54.6 Å². The lowest BCUT2D eigenvalue weighted by Crippen LogP contribution is -2.33. The topological polar surface area (TPSA) is 58.1 Å². The summed E-state index contributed by atoms with van der Waals surface area (Å²) in [6.45, 7) is 2.06. The fourth-order valence-electron chi connectivity index (χ4n) is 4.61. The van der Waals surface area contributed by atoms with Gasteiger partial charge >= 0.3 is 0 Å². The number of rotatable bonds is 7. The standard InChI is InChI=1S/C29H25Cl2FN4O/c1-16-33-27-9-3-18(13-25(27)28(34-16)35-23-4-5-23)17-2-8-26(32)20(10-17)15-36(24-6-7-24)29(37)19-11-21(30)14-22(31)12-19/h2-3,8-14,23-24H,4-7,15H2,1H3,(H,33,34,35). The smallest absolute Gasteiger partial charge is 0.254 e. The molecule has 2 aliphatic rings. The minimum Gasteiger partial charge on any atom is -0.367 e. The number of nitrogens with zero attached hydrogens (tertiary/aromatic N) is 3. The molecule has 0 spiro atoms. The van der Waals surface area contributed by atoms with Gasteiger partial charge in [0, 0.05) is 45.2 Å². The lowest BCUT2D eigenvalue weighted by Gasteiger charge is -2.23. The molecule has 4 aromatic rings. The molecular formula is C29H25Cl2FN4O. The van der Waals surface area contributed by atoms with E-state index in [2.05, 4.69) is 15.3 Å². The number of hydrogen-bond acceptors (Lipinski definition) is 4. The molecule has 1 aromatic heterocycles. The molecule has 0 saturated heterocycles. The predicted octanol–water partition coefficient (Wildman–Crippen LogP) is 7.43. The number of aryl methyl sites for hydroxylation is 1. The Labute approximate surface area is 224 Å². The zero-order valence-corrected chi connectivity index (χ0v) is 21.8. The van der Waals surface area contributed by atoms with Crippen molar-refractivity contribution in [1.82, 2.24) is 14.9 Å². The van der Waals surface area contributed by atoms with Crippen LogP contribution in [0.5, 0.6) is 0 Å². The summed E-state index contributed by atoms with van der Waals surface area (Å²) in [6.07, 6.45) is 4.07. The van der Waals surface area contributed by atoms with Crippen LogP contribution in [0.2, 0.25) is 10.0 Å². The number of nitrogens with one attached hydrogen (secondary N) is 1. The minimum atomic E-state index is -0.345. The second kappa shape index (κ2) is 9.58. The van der Waals surface area contributed by atoms with Crippen molar-refractivity contribution in [3.8, 4) is 11.1 Å². The lowest BCUT2D eigenvalue weighted by atomic mass is 10.0. The Bertz CT molecular complexity index is 1510. The maximum Gasteiger partial charge on any atom is 0.254 e. The van der Waals surface area contributed by atoms with Crippen LogP contribution in [0.1, 0.15) is 47.4 Å². The van der Waals surface area contributed by atoms with Crippen LogP contribution in [0.25, 0.3) is 22.0 Å². The average molecular weight is 535 g/mol. The van der Waals surface area contributed by atoms with Gasteiger partial charge in [-0.2, -0.15) is 0 Å². The molecule has 1 heterocycles. The average Bonchev–Trinajstić information content (AvgIpc) is 3.78. The van der Waals surface area contributed by atoms with Crippen molar-refractivity contribution in [1.29, 1.82) is 0 Å². The predicted molar refractivity (Wildman–Crippen MR) is 146 cm³/mol. The Kier molecular flexibility index (Phi) is 6.25. The fourth-order valence-corrected chi connectivity index (χ4v) is 5.14. The maximum atomic E-state index is 15.0. The summed E-state index contributed by atoms with van der Waals surface area (Å²) in [4.78, 5) is 24.3. The van der Waals surface area contributed by atoms with Gasteiger partial charge in [-0.1, -0.05) is 35.3 Å². The number of hydrogen-bond donors (Lipinski definition) is 1. The zero-order valence-electron chi connectivity index (χ0n) is 20.3. The molecule has 2 saturated carbocycles. The lowest BCUT2D eigenvalue weighted by molar-refractivity contribution is 0.0728. The summed E-state index contributed by atoms with van der Waals surface area (Å²) >= 11 is 12.3. The summed E-state index contributed by atoms with van der Waals surface area (Å²) < 4.78 is 15.0. The number of carbonyl (C=O) groups is 1. The van der Waals surface area contributed by atoms with Gasteiger partial charge in [0.1, 0.15) is 17.5 Å². The Hall–Kier alpha value is -3.22. The van der Waals surface area contributed by atoms with E-state index in [0.717, 1.165) is 59.4 Å². The van der Waals surface area contributed by atoms with Gasteiger partial charge in [-0.05, 0) is 86.2 Å². The van der Waals surface area contributed by atoms with Crippen molar-refractivity contribution >= 4 is 45.8 Å². The summed E-state index contributed by atoms with van der Waals surface area (Å²) in [5, 5.41) is 5.23. The largest absolute Gasteiger partial charge is 0.367 e. The quantitative estimate of drug-likeness (QED) is 0.267. The molecule has 8 heteroatoms. The number of amides is 1. The molecular weight excluding hydrogens is 510 g/mol. The monoisotopic (exact) mass is 534 g/mol. The SMILES string of the molecule is Cc1nc(NC2CC2)c2cc(-c3ccc(F)c(CN(C(=O)c4cc(Cl)cc(Cl)c4)C4CC4)c3)ccc2n1. The highest BCUT2D eigenvalue weighted by atomic mass is 35.5. The first-order chi connectivity index (χ1) is 17.8. The maximum absolute atomic E-state index is 15.0. The van der Waals surface area contributed by atoms with Gasteiger partial charge in [0.15, 0.2) is 0 Å². The normalized spacial score (nSPS) is 15.1. The minimum absolute atomic E-state index is 0.0745. The number of benzene rings is 3. The molecule has 1 N–H and O–H groups in total. The second-order valence-corrected chi connectivity index (χ2v) is 10.8. The van der Waals surface area contributed by atoms with Crippen LogP contribution in [0.4, 0.5) is 10.2 Å². The van der Waals surface area contributed by atoms with Crippen LogP contribution < -0.4 is 5.32 Å². The number of anilines is 1. The van der Waals surface area contributed by atoms with Gasteiger partial charge < -0.3 is 10.2 Å². The number of carbonyl (C=O) groups excluding carboxylic acids is 1. The van der Waals surface area contributed by atoms with Crippen LogP contribution in [-0.4, -0.2) is 32.9 Å². The van der Waals surface area contributed by atoms with Gasteiger partial charge in [0.05, 0.1) is 5.52 Å². The summed E-state index contributed by atoms with van der Waals surface area (Å²) in [7, 11) is 0. The summed E-state index contributed by atoms with van der Waals surface area (Å²) in [5.41, 5.74) is 3.53. The molecule has 0 unspecified atom stereocenters. The highest BCUT2D eigenvalue weighted by Gasteiger charge is 2.34. The van der Waals surface area contributed by atoms with E-state index in [4.69, 9.17) is 23.2 Å². The Balaban J connectivity index is 1.33. The van der Waals surface area contributed by atoms with E-state index in [0.29, 0.717) is 27.2 Å². The molecule has 2 aliphatic carbocycles. The first kappa shape index (κ1) is 24.1. The fraction of sp³-hybridized carbons (Fsp3) is 0.276. The molecule has 188 valence electrons. The molecule has 0 aliphatic heterocycles. The van der Waals surface area contributed by atoms with Crippen molar-refractivity contribution < 1.29 is 9.18 Å². The van der Waals surface area contributed by atoms with Crippen LogP contribution in [0.3, 0.4) is 0 Å². The molecule has 3 aromatic carbocycles. The van der Waals surface area contributed by atoms with Crippen molar-refractivity contribution in [3.05, 3.63) is 87.4 Å². The van der Waals surface area contributed by atoms with E-state index in [1.807, 2.05) is 31.2 Å². The van der Waals surface area contributed by atoms with Crippen molar-refractivity contribution in [2.45, 2.75) is 51.2 Å². The summed E-state index contributed by atoms with van der Waals surface area (Å²) in [5.74, 6) is 1.01. The Morgan fingerprint density at radius 1 is 0.973 bits per heavy atom. The molecule has 0 bridgehead atoms. The molecule has 0 atom stereocenters. The van der Waals surface area contributed by atoms with Crippen LogP contribution in [0, 0.1) is 12.7 Å². The first-order valence-corrected chi connectivity index (χ1v) is 13.2. The number of fused-ring (bicyclic) bond motifs is 1. The molecule has 37 heavy (non-hydrogen) atoms. The third-order valence-electron chi connectivity index (χ3n) is 6.80. The number of halogens is 3. The molecule has 1 amide bonds. The van der Waals surface area contributed by atoms with E-state index in [1.165, 1.54) is 6.07 Å². The third kappa shape index (κ3) is 5.27. The molecule has 5 nitrogen and oxygen atoms in total. The number of aromatic nitrogens is 2. The molecule has 0 radical (unpaired) electrons. The van der Waals surface area contributed by atoms with Gasteiger partial charge in [-0.3, -0.25) is 4.79 Å². The Morgan fingerprint density at radius 2 is 1.68 bits per heavy atom. The van der Waals surface area contributed by atoms with Gasteiger partial charge in [-0.15, -0.1) is 0 Å². The first-order valence-electron chi connectivity index (χ1n) is 12.4. The van der Waals surface area contributed by atoms with Gasteiger partial charge in [0.25, 0.3) is 5.91 Å². The van der Waals surface area contributed by atoms with E-state index < -0.39 is 0 Å².